The van der Waals surface area contributed by atoms with Gasteiger partial charge < -0.3 is 19.5 Å². The van der Waals surface area contributed by atoms with Gasteiger partial charge in [0.05, 0.1) is 0 Å². The maximum absolute atomic E-state index is 12.0. The number of fused-ring (bicyclic) bond motifs is 2. The van der Waals surface area contributed by atoms with Crippen LogP contribution in [0.4, 0.5) is 10.8 Å². The Morgan fingerprint density at radius 2 is 1.95 bits per heavy atom. The zero-order chi connectivity index (χ0) is 15.9. The van der Waals surface area contributed by atoms with Crippen LogP contribution in [0.5, 0.6) is 0 Å². The fraction of sp³-hybridized carbons (Fsp3) is 0.800. The van der Waals surface area contributed by atoms with Gasteiger partial charge in [-0.25, -0.2) is 4.79 Å². The molecule has 7 nitrogen and oxygen atoms in total. The van der Waals surface area contributed by atoms with E-state index < -0.39 is 5.60 Å². The summed E-state index contributed by atoms with van der Waals surface area (Å²) in [5.74, 6) is 1.45. The highest BCUT2D eigenvalue weighted by Gasteiger charge is 2.44. The summed E-state index contributed by atoms with van der Waals surface area (Å²) in [5, 5.41) is 6.91. The third-order valence-electron chi connectivity index (χ3n) is 4.30. The summed E-state index contributed by atoms with van der Waals surface area (Å²) in [5.41, 5.74) is -0.467. The minimum atomic E-state index is -0.467. The molecule has 1 amide bonds. The Kier molecular flexibility index (Phi) is 3.74. The van der Waals surface area contributed by atoms with Crippen LogP contribution >= 0.6 is 0 Å². The number of nitrogens with zero attached hydrogens (tertiary/aromatic N) is 3. The highest BCUT2D eigenvalue weighted by atomic mass is 16.6. The number of piperidine rings is 1. The van der Waals surface area contributed by atoms with Crippen LogP contribution in [0.2, 0.25) is 0 Å². The highest BCUT2D eigenvalue weighted by molar-refractivity contribution is 5.68. The van der Waals surface area contributed by atoms with Gasteiger partial charge in [0.1, 0.15) is 5.60 Å². The number of anilines is 1. The number of carbonyl (C=O) groups is 1. The van der Waals surface area contributed by atoms with Gasteiger partial charge in [-0.2, -0.15) is 4.98 Å². The van der Waals surface area contributed by atoms with Gasteiger partial charge in [0.25, 0.3) is 0 Å². The van der Waals surface area contributed by atoms with Crippen molar-refractivity contribution in [3.05, 3.63) is 5.82 Å². The molecule has 2 bridgehead atoms. The number of aryl methyl sites for hydroxylation is 1. The average molecular weight is 308 g/mol. The lowest BCUT2D eigenvalue weighted by atomic mass is 9.92. The van der Waals surface area contributed by atoms with Crippen LogP contribution in [0.25, 0.3) is 0 Å². The topological polar surface area (TPSA) is 80.5 Å². The van der Waals surface area contributed by atoms with Crippen LogP contribution in [0.1, 0.15) is 39.4 Å². The van der Waals surface area contributed by atoms with Crippen molar-refractivity contribution in [3.8, 4) is 0 Å². The fourth-order valence-corrected chi connectivity index (χ4v) is 3.47. The van der Waals surface area contributed by atoms with E-state index in [1.807, 2.05) is 27.7 Å². The van der Waals surface area contributed by atoms with Crippen molar-refractivity contribution in [3.63, 3.8) is 0 Å². The van der Waals surface area contributed by atoms with Crippen molar-refractivity contribution in [2.45, 2.75) is 52.2 Å². The van der Waals surface area contributed by atoms with E-state index in [1.54, 1.807) is 0 Å². The first kappa shape index (κ1) is 15.1. The van der Waals surface area contributed by atoms with Gasteiger partial charge in [0, 0.05) is 19.1 Å². The molecule has 1 aliphatic carbocycles. The molecule has 3 rings (SSSR count). The molecule has 0 aromatic carbocycles. The van der Waals surface area contributed by atoms with Crippen molar-refractivity contribution >= 4 is 12.1 Å². The van der Waals surface area contributed by atoms with E-state index in [1.165, 1.54) is 0 Å². The maximum Gasteiger partial charge on any atom is 0.407 e. The van der Waals surface area contributed by atoms with Gasteiger partial charge in [-0.15, -0.1) is 0 Å². The molecule has 2 atom stereocenters. The van der Waals surface area contributed by atoms with Crippen LogP contribution in [0.3, 0.4) is 0 Å². The summed E-state index contributed by atoms with van der Waals surface area (Å²) in [6.45, 7) is 9.11. The molecule has 1 aliphatic heterocycles. The Balaban J connectivity index is 1.62. The Hall–Kier alpha value is -1.79. The predicted octanol–water partition coefficient (Wildman–Crippen LogP) is 2.12. The molecule has 1 saturated heterocycles. The van der Waals surface area contributed by atoms with Crippen LogP contribution in [0.15, 0.2) is 4.52 Å². The monoisotopic (exact) mass is 308 g/mol. The quantitative estimate of drug-likeness (QED) is 0.901. The SMILES string of the molecule is Cc1noc(N2CC3CCC(C2)C3NC(=O)OC(C)(C)C)n1. The van der Waals surface area contributed by atoms with Crippen LogP contribution in [-0.4, -0.2) is 41.0 Å². The molecule has 1 aromatic rings. The minimum Gasteiger partial charge on any atom is -0.444 e. The number of aromatic nitrogens is 2. The third-order valence-corrected chi connectivity index (χ3v) is 4.30. The van der Waals surface area contributed by atoms with Gasteiger partial charge in [0.2, 0.25) is 0 Å². The van der Waals surface area contributed by atoms with Crippen molar-refractivity contribution in [2.24, 2.45) is 11.8 Å². The first-order valence-electron chi connectivity index (χ1n) is 7.86. The summed E-state index contributed by atoms with van der Waals surface area (Å²) in [6.07, 6.45) is 1.89. The van der Waals surface area contributed by atoms with Crippen LogP contribution in [0, 0.1) is 18.8 Å². The van der Waals surface area contributed by atoms with Gasteiger partial charge in [-0.1, -0.05) is 5.16 Å². The van der Waals surface area contributed by atoms with Crippen LogP contribution in [-0.2, 0) is 4.74 Å². The standard InChI is InChI=1S/C15H24N4O3/c1-9-16-13(22-18-9)19-7-10-5-6-11(8-19)12(10)17-14(20)21-15(2,3)4/h10-12H,5-8H2,1-4H3,(H,17,20). The van der Waals surface area contributed by atoms with E-state index in [9.17, 15) is 4.79 Å². The van der Waals surface area contributed by atoms with Gasteiger partial charge in [-0.05, 0) is 52.4 Å². The van der Waals surface area contributed by atoms with Crippen molar-refractivity contribution in [1.82, 2.24) is 15.5 Å². The number of amides is 1. The molecular formula is C15H24N4O3. The van der Waals surface area contributed by atoms with Crippen LogP contribution < -0.4 is 10.2 Å². The number of hydrogen-bond acceptors (Lipinski definition) is 6. The molecule has 2 aliphatic rings. The molecule has 1 N–H and O–H groups in total. The maximum atomic E-state index is 12.0. The van der Waals surface area contributed by atoms with Gasteiger partial charge in [0.15, 0.2) is 5.82 Å². The van der Waals surface area contributed by atoms with E-state index >= 15 is 0 Å². The Morgan fingerprint density at radius 1 is 1.32 bits per heavy atom. The number of carbonyl (C=O) groups excluding carboxylic acids is 1. The second kappa shape index (κ2) is 5.44. The Labute approximate surface area is 130 Å². The van der Waals surface area contributed by atoms with E-state index in [4.69, 9.17) is 9.26 Å². The Bertz CT molecular complexity index is 537. The molecule has 2 unspecified atom stereocenters. The lowest BCUT2D eigenvalue weighted by Gasteiger charge is -2.37. The summed E-state index contributed by atoms with van der Waals surface area (Å²) in [6, 6.07) is 0.764. The number of hydrogen-bond donors (Lipinski definition) is 1. The number of alkyl carbamates (subject to hydrolysis) is 1. The fourth-order valence-electron chi connectivity index (χ4n) is 3.47. The van der Waals surface area contributed by atoms with Crippen molar-refractivity contribution < 1.29 is 14.1 Å². The summed E-state index contributed by atoms with van der Waals surface area (Å²) in [4.78, 5) is 18.4. The second-order valence-corrected chi connectivity index (χ2v) is 7.30. The first-order chi connectivity index (χ1) is 10.3. The molecule has 1 aromatic heterocycles. The van der Waals surface area contributed by atoms with E-state index in [0.717, 1.165) is 25.9 Å². The lowest BCUT2D eigenvalue weighted by molar-refractivity contribution is 0.0472. The molecule has 7 heteroatoms. The molecule has 1 saturated carbocycles. The van der Waals surface area contributed by atoms with E-state index in [0.29, 0.717) is 23.7 Å². The zero-order valence-corrected chi connectivity index (χ0v) is 13.6. The smallest absolute Gasteiger partial charge is 0.407 e. The largest absolute Gasteiger partial charge is 0.444 e. The second-order valence-electron chi connectivity index (χ2n) is 7.30. The molecular weight excluding hydrogens is 284 g/mol. The zero-order valence-electron chi connectivity index (χ0n) is 13.6. The van der Waals surface area contributed by atoms with Gasteiger partial charge >= 0.3 is 12.1 Å². The first-order valence-corrected chi connectivity index (χ1v) is 7.86. The molecule has 0 radical (unpaired) electrons. The van der Waals surface area contributed by atoms with Gasteiger partial charge in [-0.3, -0.25) is 0 Å². The van der Waals surface area contributed by atoms with Crippen molar-refractivity contribution in [1.29, 1.82) is 0 Å². The Morgan fingerprint density at radius 3 is 2.45 bits per heavy atom. The molecule has 122 valence electrons. The number of rotatable bonds is 2. The number of nitrogens with one attached hydrogen (secondary N) is 1. The average Bonchev–Trinajstić information content (AvgIpc) is 2.89. The van der Waals surface area contributed by atoms with E-state index in [2.05, 4.69) is 20.4 Å². The highest BCUT2D eigenvalue weighted by Crippen LogP contribution is 2.38. The molecule has 0 spiro atoms. The normalized spacial score (nSPS) is 27.8. The molecule has 22 heavy (non-hydrogen) atoms. The number of ether oxygens (including phenoxy) is 1. The summed E-state index contributed by atoms with van der Waals surface area (Å²) < 4.78 is 10.6. The lowest BCUT2D eigenvalue weighted by Crippen LogP contribution is -2.53. The molecule has 2 fully saturated rings. The minimum absolute atomic E-state index is 0.176. The molecule has 2 heterocycles. The van der Waals surface area contributed by atoms with Crippen molar-refractivity contribution in [2.75, 3.05) is 18.0 Å². The van der Waals surface area contributed by atoms with E-state index in [-0.39, 0.29) is 12.1 Å². The summed E-state index contributed by atoms with van der Waals surface area (Å²) in [7, 11) is 0. The summed E-state index contributed by atoms with van der Waals surface area (Å²) >= 11 is 0. The predicted molar refractivity (Wildman–Crippen MR) is 80.6 cm³/mol. The third kappa shape index (κ3) is 3.18.